The van der Waals surface area contributed by atoms with Gasteiger partial charge in [0, 0.05) is 33.3 Å². The fraction of sp³-hybridized carbons (Fsp3) is 0.259. The van der Waals surface area contributed by atoms with Crippen molar-refractivity contribution in [2.75, 3.05) is 18.2 Å². The molecule has 3 aromatic heterocycles. The van der Waals surface area contributed by atoms with E-state index in [0.29, 0.717) is 22.3 Å². The quantitative estimate of drug-likeness (QED) is 0.135. The van der Waals surface area contributed by atoms with Gasteiger partial charge in [-0.15, -0.1) is 39.4 Å². The molecule has 192 valence electrons. The topological polar surface area (TPSA) is 86.1 Å². The summed E-state index contributed by atoms with van der Waals surface area (Å²) in [6, 6.07) is 8.20. The highest BCUT2D eigenvalue weighted by molar-refractivity contribution is 7.99. The number of rotatable bonds is 10. The van der Waals surface area contributed by atoms with E-state index in [4.69, 9.17) is 4.74 Å². The van der Waals surface area contributed by atoms with Crippen molar-refractivity contribution in [3.8, 4) is 22.5 Å². The normalized spacial score (nSPS) is 10.9. The number of thioether (sulfide) groups is 1. The van der Waals surface area contributed by atoms with Gasteiger partial charge >= 0.3 is 5.97 Å². The number of nitrogens with zero attached hydrogens (tertiary/aromatic N) is 3. The molecular formula is C27H28N4O3S3. The second-order valence-electron chi connectivity index (χ2n) is 8.36. The third-order valence-electron chi connectivity index (χ3n) is 5.74. The van der Waals surface area contributed by atoms with Crippen molar-refractivity contribution in [2.45, 2.75) is 38.9 Å². The van der Waals surface area contributed by atoms with Gasteiger partial charge in [-0.2, -0.15) is 0 Å². The Kier molecular flexibility index (Phi) is 8.63. The van der Waals surface area contributed by atoms with Gasteiger partial charge in [0.15, 0.2) is 11.0 Å². The van der Waals surface area contributed by atoms with Crippen LogP contribution in [0, 0.1) is 13.8 Å². The summed E-state index contributed by atoms with van der Waals surface area (Å²) in [6.07, 6.45) is 2.75. The lowest BCUT2D eigenvalue weighted by molar-refractivity contribution is -0.113. The van der Waals surface area contributed by atoms with Crippen molar-refractivity contribution in [1.29, 1.82) is 0 Å². The number of allylic oxidation sites excluding steroid dienone is 1. The molecule has 0 atom stereocenters. The van der Waals surface area contributed by atoms with Gasteiger partial charge in [-0.1, -0.05) is 48.5 Å². The molecule has 0 bridgehead atoms. The van der Waals surface area contributed by atoms with Gasteiger partial charge in [-0.3, -0.25) is 9.36 Å². The zero-order chi connectivity index (χ0) is 26.5. The van der Waals surface area contributed by atoms with E-state index in [-0.39, 0.29) is 11.7 Å². The Bertz CT molecular complexity index is 1450. The van der Waals surface area contributed by atoms with E-state index in [1.165, 1.54) is 35.1 Å². The number of ether oxygens (including phenoxy) is 1. The Morgan fingerprint density at radius 1 is 1.16 bits per heavy atom. The number of benzene rings is 1. The number of nitrogens with one attached hydrogen (secondary N) is 1. The summed E-state index contributed by atoms with van der Waals surface area (Å²) in [5, 5.41) is 16.7. The average Bonchev–Trinajstić information content (AvgIpc) is 3.62. The molecule has 0 spiro atoms. The van der Waals surface area contributed by atoms with Crippen molar-refractivity contribution in [2.24, 2.45) is 0 Å². The fourth-order valence-electron chi connectivity index (χ4n) is 3.86. The summed E-state index contributed by atoms with van der Waals surface area (Å²) in [5.41, 5.74) is 5.18. The number of carbonyl (C=O) groups is 2. The van der Waals surface area contributed by atoms with E-state index in [1.807, 2.05) is 42.0 Å². The average molecular weight is 553 g/mol. The summed E-state index contributed by atoms with van der Waals surface area (Å²) in [5.74, 6) is 0.125. The smallest absolute Gasteiger partial charge is 0.341 e. The molecule has 3 heterocycles. The maximum absolute atomic E-state index is 13.0. The molecule has 0 saturated heterocycles. The van der Waals surface area contributed by atoms with Gasteiger partial charge < -0.3 is 10.1 Å². The van der Waals surface area contributed by atoms with Gasteiger partial charge in [0.25, 0.3) is 0 Å². The minimum absolute atomic E-state index is 0.108. The van der Waals surface area contributed by atoms with Crippen LogP contribution in [0.1, 0.15) is 33.3 Å². The molecule has 0 aliphatic rings. The predicted octanol–water partition coefficient (Wildman–Crippen LogP) is 6.62. The molecule has 0 radical (unpaired) electrons. The first-order valence-corrected chi connectivity index (χ1v) is 14.4. The maximum Gasteiger partial charge on any atom is 0.341 e. The Morgan fingerprint density at radius 2 is 1.97 bits per heavy atom. The molecule has 0 fully saturated rings. The highest BCUT2D eigenvalue weighted by Gasteiger charge is 2.24. The Balaban J connectivity index is 1.54. The van der Waals surface area contributed by atoms with Crippen LogP contribution in [0.15, 0.2) is 52.8 Å². The summed E-state index contributed by atoms with van der Waals surface area (Å²) in [4.78, 5) is 26.9. The largest absolute Gasteiger partial charge is 0.465 e. The van der Waals surface area contributed by atoms with Crippen LogP contribution in [0.4, 0.5) is 5.00 Å². The molecule has 1 N–H and O–H groups in total. The number of aromatic nitrogens is 3. The third kappa shape index (κ3) is 5.87. The molecule has 0 aliphatic heterocycles. The number of esters is 1. The summed E-state index contributed by atoms with van der Waals surface area (Å²) in [6.45, 7) is 10.5. The van der Waals surface area contributed by atoms with Crippen molar-refractivity contribution < 1.29 is 14.3 Å². The number of anilines is 1. The molecule has 7 nitrogen and oxygen atoms in total. The number of methoxy groups -OCH3 is 1. The standard InChI is InChI=1S/C27H28N4O3S3/c1-6-10-31-24(18-12-19(7-2)35-13-18)29-30-27(31)37-15-22(32)28-25-23(26(33)34-5)21(14-36-25)20-11-16(3)8-9-17(20)4/h6,8-9,11-14H,1,7,10,15H2,2-5H3,(H,28,32). The number of thiophene rings is 2. The highest BCUT2D eigenvalue weighted by Crippen LogP contribution is 2.38. The van der Waals surface area contributed by atoms with Crippen molar-refractivity contribution in [1.82, 2.24) is 14.8 Å². The Morgan fingerprint density at radius 3 is 2.68 bits per heavy atom. The lowest BCUT2D eigenvalue weighted by Crippen LogP contribution is -2.16. The van der Waals surface area contributed by atoms with E-state index in [9.17, 15) is 9.59 Å². The van der Waals surface area contributed by atoms with Crippen LogP contribution in [0.2, 0.25) is 0 Å². The molecular weight excluding hydrogens is 525 g/mol. The minimum atomic E-state index is -0.488. The maximum atomic E-state index is 13.0. The van der Waals surface area contributed by atoms with Crippen LogP contribution >= 0.6 is 34.4 Å². The van der Waals surface area contributed by atoms with Gasteiger partial charge in [-0.05, 0) is 37.5 Å². The molecule has 0 unspecified atom stereocenters. The van der Waals surface area contributed by atoms with Crippen molar-refractivity contribution >= 4 is 51.3 Å². The highest BCUT2D eigenvalue weighted by atomic mass is 32.2. The van der Waals surface area contributed by atoms with Gasteiger partial charge in [0.2, 0.25) is 5.91 Å². The van der Waals surface area contributed by atoms with Crippen LogP contribution in [-0.4, -0.2) is 39.5 Å². The van der Waals surface area contributed by atoms with E-state index in [2.05, 4.69) is 40.5 Å². The third-order valence-corrected chi connectivity index (χ3v) is 8.68. The SMILES string of the molecule is C=CCn1c(SCC(=O)Nc2scc(-c3cc(C)ccc3C)c2C(=O)OC)nnc1-c1csc(CC)c1. The van der Waals surface area contributed by atoms with Crippen molar-refractivity contribution in [3.05, 3.63) is 69.2 Å². The molecule has 1 amide bonds. The number of amides is 1. The van der Waals surface area contributed by atoms with Crippen LogP contribution in [-0.2, 0) is 22.5 Å². The first-order chi connectivity index (χ1) is 17.9. The van der Waals surface area contributed by atoms with E-state index >= 15 is 0 Å². The number of hydrogen-bond donors (Lipinski definition) is 1. The van der Waals surface area contributed by atoms with Crippen LogP contribution in [0.5, 0.6) is 0 Å². The zero-order valence-corrected chi connectivity index (χ0v) is 23.6. The van der Waals surface area contributed by atoms with Gasteiger partial charge in [-0.25, -0.2) is 4.79 Å². The number of aryl methyl sites for hydroxylation is 3. The second-order valence-corrected chi connectivity index (χ2v) is 11.2. The Labute approximate surface area is 228 Å². The van der Waals surface area contributed by atoms with E-state index in [0.717, 1.165) is 40.1 Å². The minimum Gasteiger partial charge on any atom is -0.465 e. The molecule has 0 aliphatic carbocycles. The monoisotopic (exact) mass is 552 g/mol. The lowest BCUT2D eigenvalue weighted by Gasteiger charge is -2.10. The summed E-state index contributed by atoms with van der Waals surface area (Å²) in [7, 11) is 1.34. The second kappa shape index (κ2) is 11.9. The lowest BCUT2D eigenvalue weighted by atomic mass is 9.97. The molecule has 1 aromatic carbocycles. The molecule has 0 saturated carbocycles. The van der Waals surface area contributed by atoms with Gasteiger partial charge in [0.1, 0.15) is 10.6 Å². The van der Waals surface area contributed by atoms with Crippen LogP contribution in [0.25, 0.3) is 22.5 Å². The molecule has 4 aromatic rings. The number of carbonyl (C=O) groups excluding carboxylic acids is 2. The number of hydrogen-bond acceptors (Lipinski definition) is 8. The first kappa shape index (κ1) is 26.8. The van der Waals surface area contributed by atoms with Crippen molar-refractivity contribution in [3.63, 3.8) is 0 Å². The first-order valence-electron chi connectivity index (χ1n) is 11.7. The zero-order valence-electron chi connectivity index (χ0n) is 21.2. The summed E-state index contributed by atoms with van der Waals surface area (Å²) < 4.78 is 7.01. The molecule has 37 heavy (non-hydrogen) atoms. The van der Waals surface area contributed by atoms with Gasteiger partial charge in [0.05, 0.1) is 12.9 Å². The predicted molar refractivity (Wildman–Crippen MR) is 153 cm³/mol. The Hall–Kier alpha value is -3.21. The van der Waals surface area contributed by atoms with E-state index in [1.54, 1.807) is 17.4 Å². The fourth-order valence-corrected chi connectivity index (χ4v) is 6.38. The summed E-state index contributed by atoms with van der Waals surface area (Å²) >= 11 is 4.29. The van der Waals surface area contributed by atoms with Crippen LogP contribution in [0.3, 0.4) is 0 Å². The van der Waals surface area contributed by atoms with Crippen LogP contribution < -0.4 is 5.32 Å². The molecule has 10 heteroatoms. The van der Waals surface area contributed by atoms with E-state index < -0.39 is 5.97 Å². The molecule has 4 rings (SSSR count).